The van der Waals surface area contributed by atoms with Gasteiger partial charge in [0.25, 0.3) is 5.56 Å². The Hall–Kier alpha value is -4.63. The van der Waals surface area contributed by atoms with Gasteiger partial charge in [-0.15, -0.1) is 5.10 Å². The third kappa shape index (κ3) is 4.48. The van der Waals surface area contributed by atoms with E-state index in [1.54, 1.807) is 6.92 Å². The average Bonchev–Trinajstić information content (AvgIpc) is 3.34. The van der Waals surface area contributed by atoms with Crippen LogP contribution in [0.2, 0.25) is 0 Å². The maximum absolute atomic E-state index is 14.3. The number of pyridine rings is 1. The van der Waals surface area contributed by atoms with Crippen LogP contribution in [-0.2, 0) is 4.74 Å². The van der Waals surface area contributed by atoms with Gasteiger partial charge >= 0.3 is 5.97 Å². The molecule has 0 unspecified atom stereocenters. The van der Waals surface area contributed by atoms with Crippen LogP contribution in [0.15, 0.2) is 88.1 Å². The van der Waals surface area contributed by atoms with E-state index in [1.165, 1.54) is 9.08 Å². The standard InChI is InChI=1S/C31H24BrN5O3/c1-4-40-30(39)28-35-37(23-15-13-22(32)14-16-23)31-34-27-26(29(38)36(28)31)24(20-9-5-18(2)6-10-20)17-25(33-27)21-11-7-19(3)8-12-21/h5-17H,4H2,1-3H3. The number of carbonyl (C=O) groups excluding carboxylic acids is 1. The fourth-order valence-electron chi connectivity index (χ4n) is 4.60. The van der Waals surface area contributed by atoms with E-state index in [0.717, 1.165) is 26.7 Å². The zero-order valence-corrected chi connectivity index (χ0v) is 23.6. The Kier molecular flexibility index (Phi) is 6.51. The van der Waals surface area contributed by atoms with E-state index < -0.39 is 11.5 Å². The van der Waals surface area contributed by atoms with Crippen LogP contribution in [0.25, 0.3) is 44.9 Å². The Balaban J connectivity index is 1.73. The molecule has 6 aromatic rings. The van der Waals surface area contributed by atoms with Crippen LogP contribution in [0.4, 0.5) is 0 Å². The lowest BCUT2D eigenvalue weighted by atomic mass is 9.99. The number of halogens is 1. The second-order valence-corrected chi connectivity index (χ2v) is 10.4. The number of hydrogen-bond donors (Lipinski definition) is 0. The zero-order chi connectivity index (χ0) is 28.0. The van der Waals surface area contributed by atoms with Crippen LogP contribution < -0.4 is 5.56 Å². The van der Waals surface area contributed by atoms with Crippen molar-refractivity contribution in [1.29, 1.82) is 0 Å². The van der Waals surface area contributed by atoms with E-state index in [4.69, 9.17) is 14.7 Å². The van der Waals surface area contributed by atoms with Gasteiger partial charge in [0, 0.05) is 15.6 Å². The second kappa shape index (κ2) is 10.2. The summed E-state index contributed by atoms with van der Waals surface area (Å²) >= 11 is 3.45. The minimum Gasteiger partial charge on any atom is -0.460 e. The van der Waals surface area contributed by atoms with E-state index in [0.29, 0.717) is 16.9 Å². The molecule has 0 aliphatic heterocycles. The smallest absolute Gasteiger partial charge is 0.376 e. The average molecular weight is 594 g/mol. The Bertz CT molecular complexity index is 1960. The van der Waals surface area contributed by atoms with Crippen molar-refractivity contribution in [2.45, 2.75) is 20.8 Å². The highest BCUT2D eigenvalue weighted by atomic mass is 79.9. The first-order chi connectivity index (χ1) is 19.3. The number of nitrogens with zero attached hydrogens (tertiary/aromatic N) is 5. The number of ether oxygens (including phenoxy) is 1. The Morgan fingerprint density at radius 1 is 0.875 bits per heavy atom. The van der Waals surface area contributed by atoms with Crippen molar-refractivity contribution in [2.75, 3.05) is 6.61 Å². The van der Waals surface area contributed by atoms with Crippen molar-refractivity contribution in [3.63, 3.8) is 0 Å². The molecule has 0 aliphatic carbocycles. The summed E-state index contributed by atoms with van der Waals surface area (Å²) in [5.41, 5.74) is 5.73. The summed E-state index contributed by atoms with van der Waals surface area (Å²) in [6.07, 6.45) is 0. The molecule has 0 saturated heterocycles. The summed E-state index contributed by atoms with van der Waals surface area (Å²) in [7, 11) is 0. The van der Waals surface area contributed by atoms with Gasteiger partial charge in [-0.3, -0.25) is 4.79 Å². The fraction of sp³-hybridized carbons (Fsp3) is 0.129. The van der Waals surface area contributed by atoms with E-state index in [1.807, 2.05) is 92.7 Å². The summed E-state index contributed by atoms with van der Waals surface area (Å²) < 4.78 is 8.82. The number of hydrogen-bond acceptors (Lipinski definition) is 6. The van der Waals surface area contributed by atoms with Crippen LogP contribution in [0.5, 0.6) is 0 Å². The van der Waals surface area contributed by atoms with Gasteiger partial charge in [0.2, 0.25) is 11.6 Å². The summed E-state index contributed by atoms with van der Waals surface area (Å²) in [4.78, 5) is 37.0. The van der Waals surface area contributed by atoms with Crippen molar-refractivity contribution in [1.82, 2.24) is 24.1 Å². The van der Waals surface area contributed by atoms with Gasteiger partial charge < -0.3 is 4.74 Å². The summed E-state index contributed by atoms with van der Waals surface area (Å²) in [5, 5.41) is 4.79. The molecular formula is C31H24BrN5O3. The summed E-state index contributed by atoms with van der Waals surface area (Å²) in [6.45, 7) is 5.87. The van der Waals surface area contributed by atoms with Crippen LogP contribution >= 0.6 is 15.9 Å². The van der Waals surface area contributed by atoms with Crippen molar-refractivity contribution >= 4 is 38.7 Å². The molecule has 0 N–H and O–H groups in total. The quantitative estimate of drug-likeness (QED) is 0.217. The van der Waals surface area contributed by atoms with E-state index >= 15 is 0 Å². The maximum Gasteiger partial charge on any atom is 0.376 e. The molecule has 0 aliphatic rings. The van der Waals surface area contributed by atoms with Gasteiger partial charge in [-0.1, -0.05) is 75.6 Å². The lowest BCUT2D eigenvalue weighted by Crippen LogP contribution is -2.21. The van der Waals surface area contributed by atoms with Gasteiger partial charge in [0.1, 0.15) is 0 Å². The number of carbonyl (C=O) groups is 1. The van der Waals surface area contributed by atoms with Crippen molar-refractivity contribution < 1.29 is 9.53 Å². The van der Waals surface area contributed by atoms with Crippen molar-refractivity contribution in [2.24, 2.45) is 0 Å². The third-order valence-electron chi connectivity index (χ3n) is 6.66. The highest BCUT2D eigenvalue weighted by molar-refractivity contribution is 9.10. The number of aryl methyl sites for hydroxylation is 2. The molecule has 198 valence electrons. The summed E-state index contributed by atoms with van der Waals surface area (Å²) in [6, 6.07) is 25.2. The van der Waals surface area contributed by atoms with Crippen LogP contribution in [0.1, 0.15) is 28.7 Å². The van der Waals surface area contributed by atoms with Gasteiger partial charge in [-0.25, -0.2) is 14.2 Å². The zero-order valence-electron chi connectivity index (χ0n) is 22.1. The minimum absolute atomic E-state index is 0.136. The molecule has 40 heavy (non-hydrogen) atoms. The number of fused-ring (bicyclic) bond motifs is 2. The Morgan fingerprint density at radius 2 is 1.50 bits per heavy atom. The molecule has 0 fully saturated rings. The highest BCUT2D eigenvalue weighted by Gasteiger charge is 2.25. The molecule has 0 atom stereocenters. The first-order valence-electron chi connectivity index (χ1n) is 12.8. The van der Waals surface area contributed by atoms with Crippen LogP contribution in [-0.4, -0.2) is 36.7 Å². The fourth-order valence-corrected chi connectivity index (χ4v) is 4.87. The molecule has 3 heterocycles. The molecular weight excluding hydrogens is 570 g/mol. The lowest BCUT2D eigenvalue weighted by Gasteiger charge is -2.11. The van der Waals surface area contributed by atoms with Crippen molar-refractivity contribution in [3.8, 4) is 28.1 Å². The van der Waals surface area contributed by atoms with Crippen LogP contribution in [0, 0.1) is 13.8 Å². The van der Waals surface area contributed by atoms with Crippen molar-refractivity contribution in [3.05, 3.63) is 111 Å². The molecule has 0 saturated carbocycles. The molecule has 3 aromatic carbocycles. The SMILES string of the molecule is CCOC(=O)c1nn(-c2ccc(Br)cc2)c2nc3nc(-c4ccc(C)cc4)cc(-c4ccc(C)cc4)c3c(=O)n12. The molecule has 0 amide bonds. The molecule has 8 nitrogen and oxygen atoms in total. The molecule has 0 radical (unpaired) electrons. The van der Waals surface area contributed by atoms with Gasteiger partial charge in [-0.2, -0.15) is 9.67 Å². The topological polar surface area (TPSA) is 91.4 Å². The van der Waals surface area contributed by atoms with Gasteiger partial charge in [0.15, 0.2) is 5.65 Å². The second-order valence-electron chi connectivity index (χ2n) is 9.47. The molecule has 3 aromatic heterocycles. The molecule has 9 heteroatoms. The normalized spacial score (nSPS) is 11.3. The van der Waals surface area contributed by atoms with E-state index in [9.17, 15) is 9.59 Å². The molecule has 0 bridgehead atoms. The first-order valence-corrected chi connectivity index (χ1v) is 13.6. The van der Waals surface area contributed by atoms with Gasteiger partial charge in [-0.05, 0) is 56.7 Å². The predicted octanol–water partition coefficient (Wildman–Crippen LogP) is 6.32. The number of esters is 1. The molecule has 0 spiro atoms. The predicted molar refractivity (Wildman–Crippen MR) is 158 cm³/mol. The number of rotatable bonds is 5. The number of benzene rings is 3. The summed E-state index contributed by atoms with van der Waals surface area (Å²) in [5.74, 6) is -0.712. The molecule has 6 rings (SSSR count). The highest BCUT2D eigenvalue weighted by Crippen LogP contribution is 2.31. The van der Waals surface area contributed by atoms with E-state index in [2.05, 4.69) is 21.0 Å². The Morgan fingerprint density at radius 3 is 2.12 bits per heavy atom. The van der Waals surface area contributed by atoms with E-state index in [-0.39, 0.29) is 29.2 Å². The van der Waals surface area contributed by atoms with Crippen LogP contribution in [0.3, 0.4) is 0 Å². The first kappa shape index (κ1) is 25.6. The third-order valence-corrected chi connectivity index (χ3v) is 7.19. The minimum atomic E-state index is -0.715. The number of aromatic nitrogens is 5. The lowest BCUT2D eigenvalue weighted by molar-refractivity contribution is 0.0509. The van der Waals surface area contributed by atoms with Gasteiger partial charge in [0.05, 0.1) is 23.4 Å². The monoisotopic (exact) mass is 593 g/mol. The maximum atomic E-state index is 14.3. The largest absolute Gasteiger partial charge is 0.460 e. The Labute approximate surface area is 238 Å².